The monoisotopic (exact) mass is 417 g/mol. The minimum Gasteiger partial charge on any atom is -0.302 e. The average Bonchev–Trinajstić information content (AvgIpc) is 3.37. The Hall–Kier alpha value is -1.97. The average molecular weight is 418 g/mol. The highest BCUT2D eigenvalue weighted by Gasteiger charge is 2.16. The van der Waals surface area contributed by atoms with Gasteiger partial charge in [-0.1, -0.05) is 25.6 Å². The highest BCUT2D eigenvalue weighted by atomic mass is 32.2. The van der Waals surface area contributed by atoms with Crippen molar-refractivity contribution < 1.29 is 0 Å². The predicted octanol–water partition coefficient (Wildman–Crippen LogP) is 4.51. The minimum absolute atomic E-state index is 0.0472. The fraction of sp³-hybridized carbons (Fsp3) is 0.333. The molecule has 6 nitrogen and oxygen atoms in total. The molecular formula is C18H19N5OS3. The smallest absolute Gasteiger partial charge is 0.258 e. The molecule has 0 aliphatic heterocycles. The first-order chi connectivity index (χ1) is 13.1. The van der Waals surface area contributed by atoms with Crippen molar-refractivity contribution in [2.45, 2.75) is 44.1 Å². The Morgan fingerprint density at radius 3 is 2.81 bits per heavy atom. The van der Waals surface area contributed by atoms with Crippen LogP contribution >= 0.6 is 34.4 Å². The zero-order valence-electron chi connectivity index (χ0n) is 15.2. The van der Waals surface area contributed by atoms with Crippen molar-refractivity contribution in [3.8, 4) is 11.4 Å². The molecule has 4 heterocycles. The topological polar surface area (TPSA) is 65.1 Å². The standard InChI is InChI=1S/C18H19N5OS3/c1-4-22-16(12-7-14(11(2)3)26-9-12)20-21-18(22)27-10-13-8-15(24)23-5-6-25-17(23)19-13/h5-9,11H,4,10H2,1-3H3. The van der Waals surface area contributed by atoms with Gasteiger partial charge in [0.1, 0.15) is 0 Å². The van der Waals surface area contributed by atoms with Crippen molar-refractivity contribution in [2.75, 3.05) is 0 Å². The number of hydrogen-bond donors (Lipinski definition) is 0. The van der Waals surface area contributed by atoms with Gasteiger partial charge in [-0.05, 0) is 18.9 Å². The molecule has 0 spiro atoms. The predicted molar refractivity (Wildman–Crippen MR) is 112 cm³/mol. The molecule has 4 aromatic heterocycles. The van der Waals surface area contributed by atoms with E-state index in [0.717, 1.165) is 33.7 Å². The first-order valence-electron chi connectivity index (χ1n) is 8.67. The van der Waals surface area contributed by atoms with Crippen LogP contribution in [0.5, 0.6) is 0 Å². The van der Waals surface area contributed by atoms with Gasteiger partial charge in [0.05, 0.1) is 5.69 Å². The zero-order chi connectivity index (χ0) is 19.0. The summed E-state index contributed by atoms with van der Waals surface area (Å²) in [6.45, 7) is 7.27. The summed E-state index contributed by atoms with van der Waals surface area (Å²) >= 11 is 4.78. The first kappa shape index (κ1) is 18.4. The molecule has 0 amide bonds. The Morgan fingerprint density at radius 2 is 2.07 bits per heavy atom. The zero-order valence-corrected chi connectivity index (χ0v) is 17.7. The molecular weight excluding hydrogens is 398 g/mol. The summed E-state index contributed by atoms with van der Waals surface area (Å²) < 4.78 is 3.68. The molecule has 0 radical (unpaired) electrons. The number of thiazole rings is 1. The second kappa shape index (κ2) is 7.57. The molecule has 0 aliphatic carbocycles. The van der Waals surface area contributed by atoms with E-state index in [1.54, 1.807) is 39.8 Å². The van der Waals surface area contributed by atoms with E-state index in [1.807, 2.05) is 5.38 Å². The molecule has 0 aromatic carbocycles. The Bertz CT molecular complexity index is 1140. The van der Waals surface area contributed by atoms with Gasteiger partial charge in [0.25, 0.3) is 5.56 Å². The molecule has 0 saturated carbocycles. The van der Waals surface area contributed by atoms with Gasteiger partial charge in [-0.25, -0.2) is 4.98 Å². The van der Waals surface area contributed by atoms with Crippen LogP contribution in [0.2, 0.25) is 0 Å². The van der Waals surface area contributed by atoms with Crippen molar-refractivity contribution in [1.82, 2.24) is 24.1 Å². The molecule has 0 unspecified atom stereocenters. The van der Waals surface area contributed by atoms with E-state index in [2.05, 4.69) is 52.0 Å². The lowest BCUT2D eigenvalue weighted by Crippen LogP contribution is -2.12. The molecule has 4 aromatic rings. The van der Waals surface area contributed by atoms with Crippen LogP contribution < -0.4 is 5.56 Å². The third-order valence-corrected chi connectivity index (χ3v) is 7.18. The van der Waals surface area contributed by atoms with E-state index in [-0.39, 0.29) is 5.56 Å². The van der Waals surface area contributed by atoms with Crippen LogP contribution in [0, 0.1) is 0 Å². The maximum Gasteiger partial charge on any atom is 0.258 e. The summed E-state index contributed by atoms with van der Waals surface area (Å²) in [4.78, 5) is 18.8. The van der Waals surface area contributed by atoms with Crippen LogP contribution in [0.4, 0.5) is 0 Å². The van der Waals surface area contributed by atoms with Crippen LogP contribution in [-0.2, 0) is 12.3 Å². The van der Waals surface area contributed by atoms with E-state index in [0.29, 0.717) is 11.7 Å². The number of fused-ring (bicyclic) bond motifs is 1. The van der Waals surface area contributed by atoms with E-state index in [1.165, 1.54) is 16.2 Å². The number of thioether (sulfide) groups is 1. The van der Waals surface area contributed by atoms with Gasteiger partial charge in [0.15, 0.2) is 15.9 Å². The van der Waals surface area contributed by atoms with Gasteiger partial charge in [-0.3, -0.25) is 9.20 Å². The lowest BCUT2D eigenvalue weighted by molar-refractivity contribution is 0.687. The van der Waals surface area contributed by atoms with Gasteiger partial charge in [-0.15, -0.1) is 32.9 Å². The third kappa shape index (κ3) is 3.59. The van der Waals surface area contributed by atoms with E-state index >= 15 is 0 Å². The summed E-state index contributed by atoms with van der Waals surface area (Å²) in [6.07, 6.45) is 1.75. The number of aromatic nitrogens is 5. The number of thiophene rings is 1. The van der Waals surface area contributed by atoms with Crippen LogP contribution in [0.15, 0.2) is 39.0 Å². The maximum absolute atomic E-state index is 12.1. The number of rotatable bonds is 6. The minimum atomic E-state index is -0.0472. The highest BCUT2D eigenvalue weighted by Crippen LogP contribution is 2.31. The molecule has 140 valence electrons. The van der Waals surface area contributed by atoms with Crippen LogP contribution in [0.25, 0.3) is 16.3 Å². The van der Waals surface area contributed by atoms with E-state index in [9.17, 15) is 4.79 Å². The quantitative estimate of drug-likeness (QED) is 0.432. The molecule has 0 bridgehead atoms. The Labute approximate surface area is 168 Å². The van der Waals surface area contributed by atoms with E-state index < -0.39 is 0 Å². The largest absolute Gasteiger partial charge is 0.302 e. The Balaban J connectivity index is 1.58. The molecule has 0 N–H and O–H groups in total. The summed E-state index contributed by atoms with van der Waals surface area (Å²) in [6, 6.07) is 3.79. The lowest BCUT2D eigenvalue weighted by Gasteiger charge is -2.06. The molecule has 0 aliphatic rings. The van der Waals surface area contributed by atoms with Crippen LogP contribution in [0.3, 0.4) is 0 Å². The SMILES string of the molecule is CCn1c(SCc2cc(=O)n3ccsc3n2)nnc1-c1csc(C(C)C)c1. The Kier molecular flexibility index (Phi) is 5.16. The van der Waals surface area contributed by atoms with Crippen LogP contribution in [0.1, 0.15) is 37.3 Å². The van der Waals surface area contributed by atoms with Crippen molar-refractivity contribution >= 4 is 39.4 Å². The highest BCUT2D eigenvalue weighted by molar-refractivity contribution is 7.98. The fourth-order valence-electron chi connectivity index (χ4n) is 2.77. The second-order valence-corrected chi connectivity index (χ2v) is 9.13. The maximum atomic E-state index is 12.1. The van der Waals surface area contributed by atoms with Crippen molar-refractivity contribution in [3.05, 3.63) is 50.0 Å². The summed E-state index contributed by atoms with van der Waals surface area (Å²) in [7, 11) is 0. The van der Waals surface area contributed by atoms with Crippen molar-refractivity contribution in [2.24, 2.45) is 0 Å². The molecule has 27 heavy (non-hydrogen) atoms. The van der Waals surface area contributed by atoms with Gasteiger partial charge >= 0.3 is 0 Å². The van der Waals surface area contributed by atoms with Gasteiger partial charge in [-0.2, -0.15) is 0 Å². The molecule has 0 atom stereocenters. The summed E-state index contributed by atoms with van der Waals surface area (Å²) in [5, 5.41) is 13.7. The molecule has 0 fully saturated rings. The Morgan fingerprint density at radius 1 is 1.22 bits per heavy atom. The number of hydrogen-bond acceptors (Lipinski definition) is 7. The summed E-state index contributed by atoms with van der Waals surface area (Å²) in [5.41, 5.74) is 1.83. The molecule has 0 saturated heterocycles. The normalized spacial score (nSPS) is 11.7. The third-order valence-electron chi connectivity index (χ3n) is 4.19. The van der Waals surface area contributed by atoms with Gasteiger partial charge in [0.2, 0.25) is 0 Å². The second-order valence-electron chi connectivity index (χ2n) is 6.37. The number of nitrogens with zero attached hydrogens (tertiary/aromatic N) is 5. The van der Waals surface area contributed by atoms with Crippen molar-refractivity contribution in [3.63, 3.8) is 0 Å². The van der Waals surface area contributed by atoms with Crippen molar-refractivity contribution in [1.29, 1.82) is 0 Å². The fourth-order valence-corrected chi connectivity index (χ4v) is 5.30. The summed E-state index contributed by atoms with van der Waals surface area (Å²) in [5.74, 6) is 1.99. The molecule has 9 heteroatoms. The van der Waals surface area contributed by atoms with E-state index in [4.69, 9.17) is 0 Å². The molecule has 4 rings (SSSR count). The first-order valence-corrected chi connectivity index (χ1v) is 11.4. The lowest BCUT2D eigenvalue weighted by atomic mass is 10.1. The van der Waals surface area contributed by atoms with Gasteiger partial charge < -0.3 is 4.57 Å². The van der Waals surface area contributed by atoms with Gasteiger partial charge in [0, 0.05) is 45.8 Å². The van der Waals surface area contributed by atoms with Crippen LogP contribution in [-0.4, -0.2) is 24.1 Å².